The van der Waals surface area contributed by atoms with Crippen LogP contribution in [0.3, 0.4) is 0 Å². The lowest BCUT2D eigenvalue weighted by Crippen LogP contribution is -2.42. The zero-order chi connectivity index (χ0) is 15.9. The van der Waals surface area contributed by atoms with Crippen molar-refractivity contribution in [1.29, 1.82) is 0 Å². The minimum Gasteiger partial charge on any atom is -0.497 e. The number of benzene rings is 1. The van der Waals surface area contributed by atoms with E-state index in [0.717, 1.165) is 25.7 Å². The number of methoxy groups -OCH3 is 2. The fourth-order valence-corrected chi connectivity index (χ4v) is 2.59. The third kappa shape index (κ3) is 4.13. The number of nitrogens with one attached hydrogen (secondary N) is 2. The summed E-state index contributed by atoms with van der Waals surface area (Å²) in [7, 11) is 3.03. The molecule has 0 atom stereocenters. The van der Waals surface area contributed by atoms with E-state index in [1.165, 1.54) is 20.6 Å². The van der Waals surface area contributed by atoms with E-state index in [1.807, 2.05) is 0 Å². The van der Waals surface area contributed by atoms with Crippen molar-refractivity contribution < 1.29 is 19.1 Å². The fourth-order valence-electron chi connectivity index (χ4n) is 2.59. The van der Waals surface area contributed by atoms with Gasteiger partial charge in [-0.25, -0.2) is 0 Å². The van der Waals surface area contributed by atoms with Crippen LogP contribution >= 0.6 is 0 Å². The number of hydrogen-bond acceptors (Lipinski definition) is 4. The van der Waals surface area contributed by atoms with Crippen LogP contribution in [0, 0.1) is 0 Å². The Kier molecular flexibility index (Phi) is 5.63. The van der Waals surface area contributed by atoms with E-state index in [2.05, 4.69) is 10.6 Å². The van der Waals surface area contributed by atoms with Crippen LogP contribution in [-0.2, 0) is 9.59 Å². The number of anilines is 1. The molecule has 0 radical (unpaired) electrons. The maximum absolute atomic E-state index is 12.0. The van der Waals surface area contributed by atoms with E-state index < -0.39 is 11.8 Å². The van der Waals surface area contributed by atoms with E-state index in [-0.39, 0.29) is 6.04 Å². The summed E-state index contributed by atoms with van der Waals surface area (Å²) in [6.45, 7) is 0. The summed E-state index contributed by atoms with van der Waals surface area (Å²) in [5, 5.41) is 5.35. The molecule has 0 aliphatic heterocycles. The van der Waals surface area contributed by atoms with E-state index in [9.17, 15) is 9.59 Å². The Hall–Kier alpha value is -2.24. The van der Waals surface area contributed by atoms with Crippen molar-refractivity contribution in [3.05, 3.63) is 18.2 Å². The average molecular weight is 306 g/mol. The number of carbonyl (C=O) groups is 2. The van der Waals surface area contributed by atoms with Gasteiger partial charge in [-0.15, -0.1) is 0 Å². The lowest BCUT2D eigenvalue weighted by molar-refractivity contribution is -0.136. The van der Waals surface area contributed by atoms with Gasteiger partial charge in [-0.2, -0.15) is 0 Å². The molecule has 0 heterocycles. The van der Waals surface area contributed by atoms with Crippen molar-refractivity contribution in [2.24, 2.45) is 0 Å². The SMILES string of the molecule is COc1ccc(OC)c(NC(=O)C(=O)NC2CCCCC2)c1. The molecule has 0 saturated heterocycles. The van der Waals surface area contributed by atoms with Gasteiger partial charge < -0.3 is 20.1 Å². The van der Waals surface area contributed by atoms with Crippen molar-refractivity contribution in [1.82, 2.24) is 5.32 Å². The lowest BCUT2D eigenvalue weighted by Gasteiger charge is -2.22. The second-order valence-corrected chi connectivity index (χ2v) is 5.33. The summed E-state index contributed by atoms with van der Waals surface area (Å²) >= 11 is 0. The van der Waals surface area contributed by atoms with Crippen LogP contribution < -0.4 is 20.1 Å². The van der Waals surface area contributed by atoms with Crippen molar-refractivity contribution in [3.63, 3.8) is 0 Å². The Morgan fingerprint density at radius 2 is 1.77 bits per heavy atom. The summed E-state index contributed by atoms with van der Waals surface area (Å²) in [4.78, 5) is 24.0. The van der Waals surface area contributed by atoms with Gasteiger partial charge in [-0.1, -0.05) is 19.3 Å². The van der Waals surface area contributed by atoms with Crippen molar-refractivity contribution in [3.8, 4) is 11.5 Å². The van der Waals surface area contributed by atoms with Crippen LogP contribution in [0.4, 0.5) is 5.69 Å². The van der Waals surface area contributed by atoms with E-state index >= 15 is 0 Å². The largest absolute Gasteiger partial charge is 0.497 e. The standard InChI is InChI=1S/C16H22N2O4/c1-21-12-8-9-14(22-2)13(10-12)18-16(20)15(19)17-11-6-4-3-5-7-11/h8-11H,3-7H2,1-2H3,(H,17,19)(H,18,20). The van der Waals surface area contributed by atoms with E-state index in [0.29, 0.717) is 17.2 Å². The molecule has 0 bridgehead atoms. The predicted molar refractivity (Wildman–Crippen MR) is 83.2 cm³/mol. The van der Waals surface area contributed by atoms with Gasteiger partial charge in [0.2, 0.25) is 0 Å². The zero-order valence-corrected chi connectivity index (χ0v) is 13.0. The molecule has 0 spiro atoms. The maximum Gasteiger partial charge on any atom is 0.313 e. The smallest absolute Gasteiger partial charge is 0.313 e. The minimum atomic E-state index is -0.697. The number of rotatable bonds is 4. The Morgan fingerprint density at radius 1 is 1.05 bits per heavy atom. The van der Waals surface area contributed by atoms with Gasteiger partial charge in [0.05, 0.1) is 19.9 Å². The highest BCUT2D eigenvalue weighted by atomic mass is 16.5. The first-order chi connectivity index (χ1) is 10.6. The van der Waals surface area contributed by atoms with Crippen LogP contribution in [0.15, 0.2) is 18.2 Å². The van der Waals surface area contributed by atoms with Gasteiger partial charge in [0.1, 0.15) is 11.5 Å². The van der Waals surface area contributed by atoms with Gasteiger partial charge >= 0.3 is 11.8 Å². The molecule has 0 aromatic heterocycles. The number of hydrogen-bond donors (Lipinski definition) is 2. The Bertz CT molecular complexity index is 539. The van der Waals surface area contributed by atoms with Crippen LogP contribution in [0.1, 0.15) is 32.1 Å². The molecule has 1 aliphatic carbocycles. The quantitative estimate of drug-likeness (QED) is 0.835. The molecule has 22 heavy (non-hydrogen) atoms. The van der Waals surface area contributed by atoms with Crippen LogP contribution in [0.25, 0.3) is 0 Å². The van der Waals surface area contributed by atoms with Crippen molar-refractivity contribution >= 4 is 17.5 Å². The first kappa shape index (κ1) is 16.1. The molecule has 0 unspecified atom stereocenters. The molecule has 1 aliphatic rings. The zero-order valence-electron chi connectivity index (χ0n) is 13.0. The minimum absolute atomic E-state index is 0.0965. The topological polar surface area (TPSA) is 76.7 Å². The molecule has 1 aromatic rings. The van der Waals surface area contributed by atoms with Crippen LogP contribution in [0.2, 0.25) is 0 Å². The molecule has 6 nitrogen and oxygen atoms in total. The molecular weight excluding hydrogens is 284 g/mol. The summed E-state index contributed by atoms with van der Waals surface area (Å²) in [6, 6.07) is 5.11. The average Bonchev–Trinajstić information content (AvgIpc) is 2.55. The summed E-state index contributed by atoms with van der Waals surface area (Å²) in [5.41, 5.74) is 0.408. The van der Waals surface area contributed by atoms with Gasteiger partial charge in [0.15, 0.2) is 0 Å². The second kappa shape index (κ2) is 7.68. The highest BCUT2D eigenvalue weighted by molar-refractivity contribution is 6.39. The molecule has 2 amide bonds. The summed E-state index contributed by atoms with van der Waals surface area (Å²) in [5.74, 6) is -0.266. The number of amides is 2. The van der Waals surface area contributed by atoms with Gasteiger partial charge in [-0.05, 0) is 25.0 Å². The van der Waals surface area contributed by atoms with Crippen molar-refractivity contribution in [2.75, 3.05) is 19.5 Å². The molecule has 2 N–H and O–H groups in total. The van der Waals surface area contributed by atoms with Crippen LogP contribution in [0.5, 0.6) is 11.5 Å². The lowest BCUT2D eigenvalue weighted by atomic mass is 9.95. The van der Waals surface area contributed by atoms with Gasteiger partial charge in [-0.3, -0.25) is 9.59 Å². The highest BCUT2D eigenvalue weighted by Gasteiger charge is 2.21. The fraction of sp³-hybridized carbons (Fsp3) is 0.500. The molecule has 6 heteroatoms. The highest BCUT2D eigenvalue weighted by Crippen LogP contribution is 2.28. The molecule has 120 valence electrons. The normalized spacial score (nSPS) is 15.0. The maximum atomic E-state index is 12.0. The third-order valence-corrected chi connectivity index (χ3v) is 3.80. The van der Waals surface area contributed by atoms with Crippen LogP contribution in [-0.4, -0.2) is 32.1 Å². The monoisotopic (exact) mass is 306 g/mol. The van der Waals surface area contributed by atoms with Gasteiger partial charge in [0, 0.05) is 12.1 Å². The molecule has 1 saturated carbocycles. The number of ether oxygens (including phenoxy) is 2. The molecule has 2 rings (SSSR count). The van der Waals surface area contributed by atoms with E-state index in [4.69, 9.17) is 9.47 Å². The summed E-state index contributed by atoms with van der Waals surface area (Å²) < 4.78 is 10.3. The molecule has 1 fully saturated rings. The Labute approximate surface area is 130 Å². The molecular formula is C16H22N2O4. The predicted octanol–water partition coefficient (Wildman–Crippen LogP) is 2.09. The second-order valence-electron chi connectivity index (χ2n) is 5.33. The van der Waals surface area contributed by atoms with Gasteiger partial charge in [0.25, 0.3) is 0 Å². The first-order valence-electron chi connectivity index (χ1n) is 7.48. The number of carbonyl (C=O) groups excluding carboxylic acids is 2. The summed E-state index contributed by atoms with van der Waals surface area (Å²) in [6.07, 6.45) is 5.25. The van der Waals surface area contributed by atoms with E-state index in [1.54, 1.807) is 18.2 Å². The third-order valence-electron chi connectivity index (χ3n) is 3.80. The van der Waals surface area contributed by atoms with Crippen molar-refractivity contribution in [2.45, 2.75) is 38.1 Å². The first-order valence-corrected chi connectivity index (χ1v) is 7.48. The Morgan fingerprint density at radius 3 is 2.41 bits per heavy atom. The Balaban J connectivity index is 1.99. The molecule has 1 aromatic carbocycles.